The van der Waals surface area contributed by atoms with Gasteiger partial charge in [0.1, 0.15) is 10.7 Å². The van der Waals surface area contributed by atoms with Crippen molar-refractivity contribution in [3.63, 3.8) is 0 Å². The van der Waals surface area contributed by atoms with E-state index >= 15 is 0 Å². The number of benzene rings is 1. The third-order valence-electron chi connectivity index (χ3n) is 4.35. The molecule has 3 rings (SSSR count). The lowest BCUT2D eigenvalue weighted by molar-refractivity contribution is 0.600. The second-order valence-electron chi connectivity index (χ2n) is 6.37. The highest BCUT2D eigenvalue weighted by atomic mass is 32.2. The molecule has 0 spiro atoms. The molecular formula is C18H22FN5O2S. The van der Waals surface area contributed by atoms with E-state index in [9.17, 15) is 12.8 Å². The second kappa shape index (κ2) is 7.15. The Morgan fingerprint density at radius 3 is 2.52 bits per heavy atom. The number of halogens is 1. The molecule has 0 atom stereocenters. The summed E-state index contributed by atoms with van der Waals surface area (Å²) in [5.74, 6) is -0.321. The first-order valence-corrected chi connectivity index (χ1v) is 10.0. The molecule has 2 heterocycles. The number of hydrogen-bond donors (Lipinski definition) is 1. The summed E-state index contributed by atoms with van der Waals surface area (Å²) in [4.78, 5) is 0.140. The van der Waals surface area contributed by atoms with Gasteiger partial charge in [-0.1, -0.05) is 12.1 Å². The van der Waals surface area contributed by atoms with Crippen LogP contribution in [0.3, 0.4) is 0 Å². The minimum absolute atomic E-state index is 0.140. The fourth-order valence-corrected chi connectivity index (χ4v) is 4.29. The summed E-state index contributed by atoms with van der Waals surface area (Å²) >= 11 is 0. The molecule has 2 aromatic heterocycles. The van der Waals surface area contributed by atoms with Crippen molar-refractivity contribution in [3.05, 3.63) is 58.9 Å². The molecule has 0 aliphatic carbocycles. The summed E-state index contributed by atoms with van der Waals surface area (Å²) in [7, 11) is -3.79. The van der Waals surface area contributed by atoms with Crippen molar-refractivity contribution in [1.82, 2.24) is 19.6 Å². The van der Waals surface area contributed by atoms with Crippen molar-refractivity contribution >= 4 is 15.7 Å². The zero-order valence-electron chi connectivity index (χ0n) is 15.7. The first kappa shape index (κ1) is 19.1. The summed E-state index contributed by atoms with van der Waals surface area (Å²) in [6.07, 6.45) is 1.51. The Kier molecular flexibility index (Phi) is 5.05. The fourth-order valence-electron chi connectivity index (χ4n) is 2.92. The highest BCUT2D eigenvalue weighted by molar-refractivity contribution is 7.92. The van der Waals surface area contributed by atoms with Crippen molar-refractivity contribution < 1.29 is 12.8 Å². The molecule has 0 fully saturated rings. The van der Waals surface area contributed by atoms with Gasteiger partial charge in [0.25, 0.3) is 10.0 Å². The third-order valence-corrected chi connectivity index (χ3v) is 5.81. The van der Waals surface area contributed by atoms with Gasteiger partial charge in [-0.2, -0.15) is 10.2 Å². The minimum atomic E-state index is -3.79. The Balaban J connectivity index is 1.91. The first-order chi connectivity index (χ1) is 12.7. The van der Waals surface area contributed by atoms with Crippen LogP contribution in [0.25, 0.3) is 0 Å². The van der Waals surface area contributed by atoms with E-state index in [-0.39, 0.29) is 10.7 Å². The third kappa shape index (κ3) is 3.87. The molecule has 0 saturated carbocycles. The van der Waals surface area contributed by atoms with E-state index in [2.05, 4.69) is 14.9 Å². The number of aryl methyl sites for hydroxylation is 3. The van der Waals surface area contributed by atoms with Crippen LogP contribution in [0.5, 0.6) is 0 Å². The van der Waals surface area contributed by atoms with Gasteiger partial charge in [-0.25, -0.2) is 12.8 Å². The van der Waals surface area contributed by atoms with Crippen LogP contribution < -0.4 is 4.72 Å². The van der Waals surface area contributed by atoms with Gasteiger partial charge in [-0.3, -0.25) is 14.1 Å². The van der Waals surface area contributed by atoms with Crippen LogP contribution in [-0.4, -0.2) is 28.0 Å². The van der Waals surface area contributed by atoms with Gasteiger partial charge in [0.05, 0.1) is 29.3 Å². The molecule has 0 aliphatic rings. The summed E-state index contributed by atoms with van der Waals surface area (Å²) in [6.45, 7) is 7.99. The number of anilines is 1. The topological polar surface area (TPSA) is 81.8 Å². The zero-order chi connectivity index (χ0) is 19.8. The van der Waals surface area contributed by atoms with Crippen molar-refractivity contribution in [2.45, 2.75) is 45.7 Å². The second-order valence-corrected chi connectivity index (χ2v) is 8.02. The summed E-state index contributed by atoms with van der Waals surface area (Å²) in [5, 5.41) is 8.60. The zero-order valence-corrected chi connectivity index (χ0v) is 16.5. The minimum Gasteiger partial charge on any atom is -0.276 e. The normalized spacial score (nSPS) is 11.7. The van der Waals surface area contributed by atoms with Crippen LogP contribution in [0.4, 0.5) is 10.1 Å². The Bertz CT molecular complexity index is 1090. The van der Waals surface area contributed by atoms with Gasteiger partial charge in [0, 0.05) is 12.7 Å². The van der Waals surface area contributed by atoms with Crippen LogP contribution in [0.2, 0.25) is 0 Å². The Morgan fingerprint density at radius 2 is 1.89 bits per heavy atom. The van der Waals surface area contributed by atoms with Gasteiger partial charge in [-0.05, 0) is 45.4 Å². The Labute approximate surface area is 157 Å². The summed E-state index contributed by atoms with van der Waals surface area (Å²) in [6, 6.07) is 6.24. The fraction of sp³-hybridized carbons (Fsp3) is 0.333. The molecule has 0 unspecified atom stereocenters. The largest absolute Gasteiger partial charge is 0.276 e. The van der Waals surface area contributed by atoms with Crippen molar-refractivity contribution in [1.29, 1.82) is 0 Å². The number of nitrogens with one attached hydrogen (secondary N) is 1. The molecule has 0 amide bonds. The smallest absolute Gasteiger partial charge is 0.265 e. The van der Waals surface area contributed by atoms with E-state index < -0.39 is 10.0 Å². The van der Waals surface area contributed by atoms with E-state index in [4.69, 9.17) is 0 Å². The monoisotopic (exact) mass is 391 g/mol. The van der Waals surface area contributed by atoms with Crippen LogP contribution >= 0.6 is 0 Å². The molecule has 1 aromatic carbocycles. The van der Waals surface area contributed by atoms with Gasteiger partial charge < -0.3 is 0 Å². The molecule has 7 nitrogen and oxygen atoms in total. The average molecular weight is 391 g/mol. The number of hydrogen-bond acceptors (Lipinski definition) is 4. The van der Waals surface area contributed by atoms with Crippen LogP contribution in [0, 0.1) is 26.6 Å². The van der Waals surface area contributed by atoms with E-state index in [1.807, 2.05) is 6.92 Å². The number of rotatable bonds is 6. The lowest BCUT2D eigenvalue weighted by Gasteiger charge is -2.09. The van der Waals surface area contributed by atoms with Gasteiger partial charge in [0.15, 0.2) is 0 Å². The summed E-state index contributed by atoms with van der Waals surface area (Å²) < 4.78 is 44.9. The molecule has 144 valence electrons. The van der Waals surface area contributed by atoms with Gasteiger partial charge >= 0.3 is 0 Å². The standard InChI is InChI=1S/C18H22FN5O2S/c1-5-23-11-17(12(2)20-23)27(25,26)22-18-13(3)21-24(14(18)4)10-15-7-6-8-16(19)9-15/h6-9,11,22H,5,10H2,1-4H3. The quantitative estimate of drug-likeness (QED) is 0.700. The van der Waals surface area contributed by atoms with Gasteiger partial charge in [-0.15, -0.1) is 0 Å². The highest BCUT2D eigenvalue weighted by Gasteiger charge is 2.24. The number of sulfonamides is 1. The summed E-state index contributed by atoms with van der Waals surface area (Å²) in [5.41, 5.74) is 2.81. The number of nitrogens with zero attached hydrogens (tertiary/aromatic N) is 4. The van der Waals surface area contributed by atoms with Crippen LogP contribution in [-0.2, 0) is 23.1 Å². The molecule has 0 bridgehead atoms. The SMILES string of the molecule is CCn1cc(S(=O)(=O)Nc2c(C)nn(Cc3cccc(F)c3)c2C)c(C)n1. The van der Waals surface area contributed by atoms with Crippen LogP contribution in [0.1, 0.15) is 29.6 Å². The molecule has 27 heavy (non-hydrogen) atoms. The van der Waals surface area contributed by atoms with E-state index in [1.165, 1.54) is 18.3 Å². The molecule has 0 saturated heterocycles. The predicted octanol–water partition coefficient (Wildman–Crippen LogP) is 3.01. The average Bonchev–Trinajstić information content (AvgIpc) is 3.10. The maximum atomic E-state index is 13.4. The van der Waals surface area contributed by atoms with Gasteiger partial charge in [0.2, 0.25) is 0 Å². The molecule has 0 radical (unpaired) electrons. The van der Waals surface area contributed by atoms with Crippen LogP contribution in [0.15, 0.2) is 35.4 Å². The molecule has 1 N–H and O–H groups in total. The lowest BCUT2D eigenvalue weighted by Crippen LogP contribution is -2.15. The molecule has 3 aromatic rings. The van der Waals surface area contributed by atoms with E-state index in [0.29, 0.717) is 35.9 Å². The maximum absolute atomic E-state index is 13.4. The number of aromatic nitrogens is 4. The molecular weight excluding hydrogens is 369 g/mol. The highest BCUT2D eigenvalue weighted by Crippen LogP contribution is 2.25. The Morgan fingerprint density at radius 1 is 1.15 bits per heavy atom. The molecule has 0 aliphatic heterocycles. The molecule has 9 heteroatoms. The first-order valence-electron chi connectivity index (χ1n) is 8.56. The van der Waals surface area contributed by atoms with E-state index in [0.717, 1.165) is 5.56 Å². The maximum Gasteiger partial charge on any atom is 0.265 e. The Hall–Kier alpha value is -2.68. The van der Waals surface area contributed by atoms with Crippen molar-refractivity contribution in [2.75, 3.05) is 4.72 Å². The van der Waals surface area contributed by atoms with Crippen molar-refractivity contribution in [2.24, 2.45) is 0 Å². The lowest BCUT2D eigenvalue weighted by atomic mass is 10.2. The predicted molar refractivity (Wildman–Crippen MR) is 101 cm³/mol. The van der Waals surface area contributed by atoms with Crippen molar-refractivity contribution in [3.8, 4) is 0 Å². The van der Waals surface area contributed by atoms with E-state index in [1.54, 1.807) is 42.3 Å².